The van der Waals surface area contributed by atoms with Crippen LogP contribution in [-0.4, -0.2) is 135 Å². The average molecular weight is 598 g/mol. The van der Waals surface area contributed by atoms with Gasteiger partial charge >= 0.3 is 5.97 Å². The number of likely N-dealkylation sites (tertiary alicyclic amines) is 1. The minimum Gasteiger partial charge on any atom is -0.463 e. The molecule has 0 aromatic heterocycles. The maximum Gasteiger partial charge on any atom is 0.319 e. The molecule has 3 aliphatic heterocycles. The van der Waals surface area contributed by atoms with Gasteiger partial charge < -0.3 is 33.9 Å². The molecule has 0 aromatic rings. The number of nitrogens with zero attached hydrogens (tertiary/aromatic N) is 3. The number of aliphatic hydroxyl groups excluding tert-OH is 1. The van der Waals surface area contributed by atoms with E-state index in [0.29, 0.717) is 18.8 Å². The molecule has 3 saturated heterocycles. The summed E-state index contributed by atoms with van der Waals surface area (Å²) < 4.78 is 25.0. The van der Waals surface area contributed by atoms with E-state index in [0.717, 1.165) is 32.5 Å². The van der Waals surface area contributed by atoms with Crippen molar-refractivity contribution < 1.29 is 33.6 Å². The number of hydrogen-bond acceptors (Lipinski definition) is 10. The molecule has 10 nitrogen and oxygen atoms in total. The van der Waals surface area contributed by atoms with E-state index in [1.807, 2.05) is 32.8 Å². The van der Waals surface area contributed by atoms with E-state index < -0.39 is 41.4 Å². The van der Waals surface area contributed by atoms with Gasteiger partial charge in [0.2, 0.25) is 0 Å². The van der Waals surface area contributed by atoms with Crippen LogP contribution in [0.15, 0.2) is 0 Å². The molecule has 0 aliphatic carbocycles. The Morgan fingerprint density at radius 3 is 2.33 bits per heavy atom. The first-order valence-corrected chi connectivity index (χ1v) is 15.8. The number of carbonyl (C=O) groups excluding carboxylic acids is 2. The largest absolute Gasteiger partial charge is 0.463 e. The fraction of sp³-hybridized carbons (Fsp3) is 0.938. The molecular formula is C32H59N3O7. The lowest BCUT2D eigenvalue weighted by molar-refractivity contribution is -0.295. The minimum absolute atomic E-state index is 0.0410. The fourth-order valence-electron chi connectivity index (χ4n) is 7.58. The van der Waals surface area contributed by atoms with Crippen molar-refractivity contribution in [3.63, 3.8) is 0 Å². The predicted molar refractivity (Wildman–Crippen MR) is 162 cm³/mol. The third-order valence-electron chi connectivity index (χ3n) is 10.1. The van der Waals surface area contributed by atoms with Crippen LogP contribution in [0.3, 0.4) is 0 Å². The van der Waals surface area contributed by atoms with Crippen LogP contribution in [0.5, 0.6) is 0 Å². The van der Waals surface area contributed by atoms with Crippen LogP contribution in [0.2, 0.25) is 0 Å². The molecule has 0 aromatic carbocycles. The molecule has 0 spiro atoms. The van der Waals surface area contributed by atoms with Gasteiger partial charge in [0.15, 0.2) is 12.1 Å². The van der Waals surface area contributed by atoms with Gasteiger partial charge in [-0.3, -0.25) is 14.5 Å². The Kier molecular flexibility index (Phi) is 12.0. The minimum atomic E-state index is -1.40. The van der Waals surface area contributed by atoms with Crippen molar-refractivity contribution in [1.82, 2.24) is 14.7 Å². The normalized spacial score (nSPS) is 42.0. The van der Waals surface area contributed by atoms with E-state index in [4.69, 9.17) is 18.9 Å². The SMILES string of the molecule is CO[C@]1(C)C[C@@H](C)CN(C)[C@@H]([C@@H]2CCCN(C)C2)COC(=O)C(C)(C)C(=O)[C@H](C)[C@H]1O[C@@H]1O[C@H](C)C[C@H](N(C)C)[C@H]1O. The number of hydrogen-bond donors (Lipinski definition) is 1. The van der Waals surface area contributed by atoms with Crippen LogP contribution >= 0.6 is 0 Å². The number of aliphatic hydroxyl groups is 1. The second-order valence-electron chi connectivity index (χ2n) is 14.5. The van der Waals surface area contributed by atoms with Crippen molar-refractivity contribution in [3.8, 4) is 0 Å². The van der Waals surface area contributed by atoms with Crippen molar-refractivity contribution >= 4 is 11.8 Å². The van der Waals surface area contributed by atoms with Crippen LogP contribution in [0.25, 0.3) is 0 Å². The molecule has 3 aliphatic rings. The first-order valence-electron chi connectivity index (χ1n) is 15.8. The predicted octanol–water partition coefficient (Wildman–Crippen LogP) is 2.66. The number of Topliss-reactive ketones (excluding diaryl/α,β-unsaturated/α-hetero) is 1. The lowest BCUT2D eigenvalue weighted by Gasteiger charge is -2.47. The standard InChI is InChI=1S/C32H59N3O7/c1-20-16-32(6,39-11)28(42-29-26(36)24(33(7)8)15-21(2)41-29)22(3)27(37)31(4,5)30(38)40-19-25(35(10)17-20)23-13-12-14-34(9)18-23/h20-26,28-29,36H,12-19H2,1-11H3/t20-,21-,22+,23-,24+,25-,26-,28-,29+,32-/m1/s1. The molecule has 0 saturated carbocycles. The average Bonchev–Trinajstić information content (AvgIpc) is 2.91. The summed E-state index contributed by atoms with van der Waals surface area (Å²) in [6.07, 6.45) is 0.660. The Balaban J connectivity index is 1.99. The van der Waals surface area contributed by atoms with Gasteiger partial charge in [0.25, 0.3) is 0 Å². The number of esters is 1. The number of ketones is 1. The smallest absolute Gasteiger partial charge is 0.319 e. The Morgan fingerprint density at radius 2 is 1.74 bits per heavy atom. The lowest BCUT2D eigenvalue weighted by Crippen LogP contribution is -2.59. The number of likely N-dealkylation sites (N-methyl/N-ethyl adjacent to an activating group) is 2. The lowest BCUT2D eigenvalue weighted by atomic mass is 9.74. The van der Waals surface area contributed by atoms with Gasteiger partial charge in [-0.25, -0.2) is 0 Å². The monoisotopic (exact) mass is 597 g/mol. The zero-order valence-electron chi connectivity index (χ0n) is 28.1. The maximum atomic E-state index is 14.2. The van der Waals surface area contributed by atoms with Crippen molar-refractivity contribution in [2.45, 2.75) is 110 Å². The summed E-state index contributed by atoms with van der Waals surface area (Å²) in [6.45, 7) is 14.2. The number of piperidine rings is 1. The van der Waals surface area contributed by atoms with E-state index >= 15 is 0 Å². The maximum absolute atomic E-state index is 14.2. The van der Waals surface area contributed by atoms with Gasteiger partial charge in [-0.05, 0) is 99.9 Å². The zero-order chi connectivity index (χ0) is 31.6. The number of rotatable bonds is 5. The molecule has 3 rings (SSSR count). The van der Waals surface area contributed by atoms with Crippen molar-refractivity contribution in [1.29, 1.82) is 0 Å². The highest BCUT2D eigenvalue weighted by Crippen LogP contribution is 2.38. The highest BCUT2D eigenvalue weighted by molar-refractivity contribution is 6.04. The summed E-state index contributed by atoms with van der Waals surface area (Å²) in [7, 11) is 9.75. The summed E-state index contributed by atoms with van der Waals surface area (Å²) in [5.74, 6) is -1.01. The van der Waals surface area contributed by atoms with Gasteiger partial charge in [0.05, 0.1) is 17.8 Å². The van der Waals surface area contributed by atoms with Gasteiger partial charge in [-0.2, -0.15) is 0 Å². The van der Waals surface area contributed by atoms with Crippen molar-refractivity contribution in [2.75, 3.05) is 61.5 Å². The van der Waals surface area contributed by atoms with E-state index in [9.17, 15) is 14.7 Å². The molecule has 3 heterocycles. The molecule has 3 fully saturated rings. The number of ether oxygens (including phenoxy) is 4. The highest BCUT2D eigenvalue weighted by atomic mass is 16.7. The van der Waals surface area contributed by atoms with Gasteiger partial charge in [-0.15, -0.1) is 0 Å². The molecular weight excluding hydrogens is 538 g/mol. The van der Waals surface area contributed by atoms with Gasteiger partial charge in [-0.1, -0.05) is 13.8 Å². The van der Waals surface area contributed by atoms with E-state index in [1.54, 1.807) is 27.9 Å². The number of cyclic esters (lactones) is 1. The molecule has 42 heavy (non-hydrogen) atoms. The van der Waals surface area contributed by atoms with Crippen LogP contribution in [0, 0.1) is 23.2 Å². The molecule has 244 valence electrons. The summed E-state index contributed by atoms with van der Waals surface area (Å²) >= 11 is 0. The van der Waals surface area contributed by atoms with Crippen LogP contribution in [0.4, 0.5) is 0 Å². The Bertz CT molecular complexity index is 917. The Hall–Kier alpha value is -1.14. The Labute approximate surface area is 254 Å². The van der Waals surface area contributed by atoms with E-state index in [-0.39, 0.29) is 36.5 Å². The third kappa shape index (κ3) is 7.92. The third-order valence-corrected chi connectivity index (χ3v) is 10.1. The van der Waals surface area contributed by atoms with Gasteiger partial charge in [0.1, 0.15) is 18.1 Å². The second kappa shape index (κ2) is 14.3. The molecule has 0 radical (unpaired) electrons. The van der Waals surface area contributed by atoms with Crippen molar-refractivity contribution in [3.05, 3.63) is 0 Å². The summed E-state index contributed by atoms with van der Waals surface area (Å²) in [5.41, 5.74) is -2.30. The summed E-state index contributed by atoms with van der Waals surface area (Å²) in [6, 6.07) is -0.123. The molecule has 10 heteroatoms. The van der Waals surface area contributed by atoms with Crippen molar-refractivity contribution in [2.24, 2.45) is 23.2 Å². The quantitative estimate of drug-likeness (QED) is 0.376. The first-order chi connectivity index (χ1) is 19.5. The first kappa shape index (κ1) is 35.3. The van der Waals surface area contributed by atoms with E-state index in [1.165, 1.54) is 0 Å². The molecule has 0 unspecified atom stereocenters. The molecule has 10 atom stereocenters. The summed E-state index contributed by atoms with van der Waals surface area (Å²) in [5, 5.41) is 11.3. The van der Waals surface area contributed by atoms with Crippen LogP contribution in [-0.2, 0) is 28.5 Å². The fourth-order valence-corrected chi connectivity index (χ4v) is 7.58. The number of carbonyl (C=O) groups is 2. The highest BCUT2D eigenvalue weighted by Gasteiger charge is 2.51. The topological polar surface area (TPSA) is 101 Å². The molecule has 0 bridgehead atoms. The Morgan fingerprint density at radius 1 is 1.07 bits per heavy atom. The second-order valence-corrected chi connectivity index (χ2v) is 14.5. The molecule has 1 N–H and O–H groups in total. The molecule has 0 amide bonds. The number of methoxy groups -OCH3 is 1. The van der Waals surface area contributed by atoms with Crippen LogP contribution in [0.1, 0.15) is 67.2 Å². The summed E-state index contributed by atoms with van der Waals surface area (Å²) in [4.78, 5) is 34.4. The zero-order valence-corrected chi connectivity index (χ0v) is 28.1. The van der Waals surface area contributed by atoms with Crippen LogP contribution < -0.4 is 0 Å². The van der Waals surface area contributed by atoms with Gasteiger partial charge in [0, 0.05) is 38.2 Å². The van der Waals surface area contributed by atoms with E-state index in [2.05, 4.69) is 30.8 Å².